The van der Waals surface area contributed by atoms with Crippen molar-refractivity contribution >= 4 is 17.5 Å². The summed E-state index contributed by atoms with van der Waals surface area (Å²) in [5, 5.41) is 14.0. The van der Waals surface area contributed by atoms with Gasteiger partial charge in [0.1, 0.15) is 5.82 Å². The monoisotopic (exact) mass is 284 g/mol. The molecular formula is C16H20N4O. The minimum Gasteiger partial charge on any atom is -0.368 e. The third kappa shape index (κ3) is 5.22. The molecule has 0 aliphatic carbocycles. The number of hydrogen-bond donors (Lipinski definition) is 2. The van der Waals surface area contributed by atoms with E-state index in [1.165, 1.54) is 5.56 Å². The number of benzene rings is 1. The lowest BCUT2D eigenvalue weighted by molar-refractivity contribution is -0.116. The fourth-order valence-corrected chi connectivity index (χ4v) is 1.91. The van der Waals surface area contributed by atoms with Crippen LogP contribution in [0.4, 0.5) is 11.6 Å². The molecule has 2 aromatic rings. The van der Waals surface area contributed by atoms with Gasteiger partial charge in [-0.25, -0.2) is 0 Å². The summed E-state index contributed by atoms with van der Waals surface area (Å²) >= 11 is 0. The zero-order valence-corrected chi connectivity index (χ0v) is 12.2. The van der Waals surface area contributed by atoms with E-state index in [1.54, 1.807) is 6.07 Å². The molecular weight excluding hydrogens is 264 g/mol. The zero-order chi connectivity index (χ0) is 14.9. The van der Waals surface area contributed by atoms with Crippen LogP contribution in [0.15, 0.2) is 42.5 Å². The molecule has 21 heavy (non-hydrogen) atoms. The summed E-state index contributed by atoms with van der Waals surface area (Å²) in [5.74, 6) is 1.16. The number of carbonyl (C=O) groups excluding carboxylic acids is 1. The van der Waals surface area contributed by atoms with E-state index < -0.39 is 0 Å². The molecule has 0 unspecified atom stereocenters. The van der Waals surface area contributed by atoms with Gasteiger partial charge < -0.3 is 10.6 Å². The molecule has 0 aliphatic heterocycles. The Morgan fingerprint density at radius 1 is 1.05 bits per heavy atom. The first-order chi connectivity index (χ1) is 10.3. The highest BCUT2D eigenvalue weighted by atomic mass is 16.1. The summed E-state index contributed by atoms with van der Waals surface area (Å²) in [6.45, 7) is 2.76. The molecule has 0 radical (unpaired) electrons. The molecule has 0 bridgehead atoms. The number of nitrogens with zero attached hydrogens (tertiary/aromatic N) is 2. The first-order valence-corrected chi connectivity index (χ1v) is 7.19. The van der Waals surface area contributed by atoms with Crippen molar-refractivity contribution in [1.82, 2.24) is 10.2 Å². The number of amides is 1. The van der Waals surface area contributed by atoms with Crippen molar-refractivity contribution in [2.24, 2.45) is 0 Å². The van der Waals surface area contributed by atoms with Gasteiger partial charge >= 0.3 is 0 Å². The van der Waals surface area contributed by atoms with Crippen LogP contribution in [-0.4, -0.2) is 22.6 Å². The van der Waals surface area contributed by atoms with E-state index in [9.17, 15) is 4.79 Å². The highest BCUT2D eigenvalue weighted by Crippen LogP contribution is 2.07. The normalized spacial score (nSPS) is 10.1. The highest BCUT2D eigenvalue weighted by molar-refractivity contribution is 5.89. The zero-order valence-electron chi connectivity index (χ0n) is 12.2. The van der Waals surface area contributed by atoms with Gasteiger partial charge in [0, 0.05) is 13.0 Å². The molecule has 1 heterocycles. The summed E-state index contributed by atoms with van der Waals surface area (Å²) in [6, 6.07) is 13.8. The summed E-state index contributed by atoms with van der Waals surface area (Å²) < 4.78 is 0. The topological polar surface area (TPSA) is 66.9 Å². The van der Waals surface area contributed by atoms with Crippen LogP contribution in [0, 0.1) is 0 Å². The molecule has 2 N–H and O–H groups in total. The minimum atomic E-state index is -0.0309. The lowest BCUT2D eigenvalue weighted by Crippen LogP contribution is -2.13. The van der Waals surface area contributed by atoms with E-state index >= 15 is 0 Å². The van der Waals surface area contributed by atoms with Crippen molar-refractivity contribution in [2.45, 2.75) is 26.2 Å². The molecule has 2 rings (SSSR count). The average molecular weight is 284 g/mol. The number of anilines is 2. The Balaban J connectivity index is 1.78. The van der Waals surface area contributed by atoms with Gasteiger partial charge in [-0.1, -0.05) is 37.3 Å². The van der Waals surface area contributed by atoms with E-state index in [2.05, 4.69) is 33.0 Å². The van der Waals surface area contributed by atoms with E-state index in [0.29, 0.717) is 18.1 Å². The van der Waals surface area contributed by atoms with Gasteiger partial charge in [0.05, 0.1) is 0 Å². The second-order valence-electron chi connectivity index (χ2n) is 4.76. The molecule has 1 aromatic heterocycles. The third-order valence-corrected chi connectivity index (χ3v) is 2.97. The van der Waals surface area contributed by atoms with E-state index in [0.717, 1.165) is 19.4 Å². The Morgan fingerprint density at radius 2 is 1.76 bits per heavy atom. The first-order valence-electron chi connectivity index (χ1n) is 7.19. The molecule has 0 saturated carbocycles. The van der Waals surface area contributed by atoms with Gasteiger partial charge in [0.25, 0.3) is 0 Å². The number of aromatic nitrogens is 2. The van der Waals surface area contributed by atoms with Crippen molar-refractivity contribution in [1.29, 1.82) is 0 Å². The maximum Gasteiger partial charge on any atom is 0.225 e. The molecule has 0 atom stereocenters. The lowest BCUT2D eigenvalue weighted by Gasteiger charge is -2.06. The molecule has 0 aliphatic rings. The number of carbonyl (C=O) groups is 1. The van der Waals surface area contributed by atoms with Crippen molar-refractivity contribution in [2.75, 3.05) is 17.2 Å². The van der Waals surface area contributed by atoms with Crippen molar-refractivity contribution < 1.29 is 4.79 Å². The average Bonchev–Trinajstić information content (AvgIpc) is 2.50. The maximum atomic E-state index is 11.4. The molecule has 5 heteroatoms. The van der Waals surface area contributed by atoms with E-state index in [4.69, 9.17) is 0 Å². The summed E-state index contributed by atoms with van der Waals surface area (Å²) in [6.07, 6.45) is 2.24. The third-order valence-electron chi connectivity index (χ3n) is 2.97. The Kier molecular flexibility index (Phi) is 5.70. The van der Waals surface area contributed by atoms with Gasteiger partial charge in [-0.05, 0) is 30.5 Å². The molecule has 110 valence electrons. The SMILES string of the molecule is CCCC(=O)Nc1ccc(NCCc2ccccc2)nn1. The second-order valence-corrected chi connectivity index (χ2v) is 4.76. The smallest absolute Gasteiger partial charge is 0.225 e. The van der Waals surface area contributed by atoms with E-state index in [-0.39, 0.29) is 5.91 Å². The fraction of sp³-hybridized carbons (Fsp3) is 0.312. The number of hydrogen-bond acceptors (Lipinski definition) is 4. The van der Waals surface area contributed by atoms with Crippen molar-refractivity contribution in [3.63, 3.8) is 0 Å². The van der Waals surface area contributed by atoms with Crippen LogP contribution in [0.1, 0.15) is 25.3 Å². The van der Waals surface area contributed by atoms with Crippen LogP contribution in [-0.2, 0) is 11.2 Å². The Morgan fingerprint density at radius 3 is 2.43 bits per heavy atom. The highest BCUT2D eigenvalue weighted by Gasteiger charge is 2.02. The Bertz CT molecular complexity index is 554. The predicted octanol–water partition coefficient (Wildman–Crippen LogP) is 2.87. The quantitative estimate of drug-likeness (QED) is 0.820. The standard InChI is InChI=1S/C16H20N4O/c1-2-6-16(21)18-15-10-9-14(19-20-15)17-12-11-13-7-4-3-5-8-13/h3-5,7-10H,2,6,11-12H2,1H3,(H,17,19)(H,18,20,21). The molecule has 1 aromatic carbocycles. The molecule has 1 amide bonds. The van der Waals surface area contributed by atoms with Gasteiger partial charge in [0.2, 0.25) is 5.91 Å². The van der Waals surface area contributed by atoms with Crippen LogP contribution < -0.4 is 10.6 Å². The predicted molar refractivity (Wildman–Crippen MR) is 84.2 cm³/mol. The maximum absolute atomic E-state index is 11.4. The molecule has 5 nitrogen and oxygen atoms in total. The molecule has 0 saturated heterocycles. The Hall–Kier alpha value is -2.43. The minimum absolute atomic E-state index is 0.0309. The van der Waals surface area contributed by atoms with Crippen LogP contribution in [0.25, 0.3) is 0 Å². The van der Waals surface area contributed by atoms with Gasteiger partial charge in [-0.3, -0.25) is 4.79 Å². The Labute approximate surface area is 124 Å². The fourth-order valence-electron chi connectivity index (χ4n) is 1.91. The van der Waals surface area contributed by atoms with Crippen LogP contribution in [0.2, 0.25) is 0 Å². The largest absolute Gasteiger partial charge is 0.368 e. The summed E-state index contributed by atoms with van der Waals surface area (Å²) in [5.41, 5.74) is 1.28. The molecule has 0 fully saturated rings. The number of rotatable bonds is 7. The summed E-state index contributed by atoms with van der Waals surface area (Å²) in [4.78, 5) is 11.4. The van der Waals surface area contributed by atoms with Crippen molar-refractivity contribution in [3.05, 3.63) is 48.0 Å². The lowest BCUT2D eigenvalue weighted by atomic mass is 10.1. The van der Waals surface area contributed by atoms with Crippen LogP contribution in [0.5, 0.6) is 0 Å². The molecule has 0 spiro atoms. The van der Waals surface area contributed by atoms with Gasteiger partial charge in [0.15, 0.2) is 5.82 Å². The second kappa shape index (κ2) is 7.99. The van der Waals surface area contributed by atoms with Crippen molar-refractivity contribution in [3.8, 4) is 0 Å². The first kappa shape index (κ1) is 15.0. The van der Waals surface area contributed by atoms with Crippen LogP contribution in [0.3, 0.4) is 0 Å². The van der Waals surface area contributed by atoms with Crippen LogP contribution >= 0.6 is 0 Å². The van der Waals surface area contributed by atoms with E-state index in [1.807, 2.05) is 31.2 Å². The summed E-state index contributed by atoms with van der Waals surface area (Å²) in [7, 11) is 0. The number of nitrogens with one attached hydrogen (secondary N) is 2. The van der Waals surface area contributed by atoms with Gasteiger partial charge in [-0.15, -0.1) is 10.2 Å². The van der Waals surface area contributed by atoms with Gasteiger partial charge in [-0.2, -0.15) is 0 Å².